The Hall–Kier alpha value is -3.48. The Labute approximate surface area is 163 Å². The zero-order valence-corrected chi connectivity index (χ0v) is 15.7. The third kappa shape index (κ3) is 3.78. The molecule has 2 heterocycles. The van der Waals surface area contributed by atoms with Crippen LogP contribution in [0.3, 0.4) is 0 Å². The lowest BCUT2D eigenvalue weighted by molar-refractivity contribution is 0.0746. The van der Waals surface area contributed by atoms with Gasteiger partial charge in [-0.15, -0.1) is 5.10 Å². The Kier molecular flexibility index (Phi) is 5.14. The molecule has 0 unspecified atom stereocenters. The number of rotatable bonds is 4. The molecule has 1 amide bonds. The van der Waals surface area contributed by atoms with Crippen LogP contribution >= 0.6 is 0 Å². The third-order valence-corrected chi connectivity index (χ3v) is 4.78. The number of carbonyl (C=O) groups is 1. The van der Waals surface area contributed by atoms with Gasteiger partial charge in [-0.05, 0) is 18.2 Å². The minimum absolute atomic E-state index is 0.00984. The first-order valence-corrected chi connectivity index (χ1v) is 9.18. The second-order valence-corrected chi connectivity index (χ2v) is 6.52. The number of methoxy groups -OCH3 is 1. The molecule has 0 radical (unpaired) electrons. The van der Waals surface area contributed by atoms with Gasteiger partial charge in [0.1, 0.15) is 5.75 Å². The molecule has 1 aliphatic rings. The normalized spacial score (nSPS) is 14.0. The monoisotopic (exact) mass is 375 g/mol. The number of hydrogen-bond donors (Lipinski definition) is 0. The summed E-state index contributed by atoms with van der Waals surface area (Å²) in [6.07, 6.45) is 1.67. The molecule has 0 N–H and O–H groups in total. The minimum Gasteiger partial charge on any atom is -0.497 e. The number of nitrogens with zero attached hydrogens (tertiary/aromatic N) is 5. The quantitative estimate of drug-likeness (QED) is 0.698. The number of piperazine rings is 1. The molecule has 0 atom stereocenters. The SMILES string of the molecule is COc1cccc(C(=O)N2CCN(c3nncc(-c4ccccc4)n3)CC2)c1. The van der Waals surface area contributed by atoms with Crippen LogP contribution in [0.5, 0.6) is 5.75 Å². The van der Waals surface area contributed by atoms with Gasteiger partial charge in [-0.1, -0.05) is 36.4 Å². The number of amides is 1. The van der Waals surface area contributed by atoms with Gasteiger partial charge in [0, 0.05) is 37.3 Å². The van der Waals surface area contributed by atoms with E-state index in [1.165, 1.54) is 0 Å². The highest BCUT2D eigenvalue weighted by atomic mass is 16.5. The van der Waals surface area contributed by atoms with Crippen LogP contribution in [-0.2, 0) is 0 Å². The van der Waals surface area contributed by atoms with Gasteiger partial charge >= 0.3 is 0 Å². The van der Waals surface area contributed by atoms with Gasteiger partial charge in [-0.2, -0.15) is 5.10 Å². The summed E-state index contributed by atoms with van der Waals surface area (Å²) in [7, 11) is 1.60. The van der Waals surface area contributed by atoms with Gasteiger partial charge < -0.3 is 14.5 Å². The Morgan fingerprint density at radius 2 is 1.79 bits per heavy atom. The molecule has 2 aromatic carbocycles. The van der Waals surface area contributed by atoms with E-state index >= 15 is 0 Å². The van der Waals surface area contributed by atoms with Crippen LogP contribution in [-0.4, -0.2) is 59.3 Å². The first-order chi connectivity index (χ1) is 13.7. The minimum atomic E-state index is 0.00984. The van der Waals surface area contributed by atoms with Crippen molar-refractivity contribution in [1.82, 2.24) is 20.1 Å². The second kappa shape index (κ2) is 8.04. The van der Waals surface area contributed by atoms with Gasteiger partial charge in [0.2, 0.25) is 5.95 Å². The summed E-state index contributed by atoms with van der Waals surface area (Å²) < 4.78 is 5.21. The fourth-order valence-corrected chi connectivity index (χ4v) is 3.22. The summed E-state index contributed by atoms with van der Waals surface area (Å²) >= 11 is 0. The number of benzene rings is 2. The van der Waals surface area contributed by atoms with E-state index in [4.69, 9.17) is 4.74 Å². The summed E-state index contributed by atoms with van der Waals surface area (Å²) in [5.74, 6) is 1.28. The molecule has 28 heavy (non-hydrogen) atoms. The summed E-state index contributed by atoms with van der Waals surface area (Å²) in [6, 6.07) is 17.2. The van der Waals surface area contributed by atoms with Crippen molar-refractivity contribution in [2.45, 2.75) is 0 Å². The zero-order valence-electron chi connectivity index (χ0n) is 15.7. The van der Waals surface area contributed by atoms with Gasteiger partial charge in [0.15, 0.2) is 0 Å². The van der Waals surface area contributed by atoms with Crippen LogP contribution in [0.1, 0.15) is 10.4 Å². The van der Waals surface area contributed by atoms with Gasteiger partial charge in [-0.3, -0.25) is 4.79 Å². The van der Waals surface area contributed by atoms with E-state index < -0.39 is 0 Å². The lowest BCUT2D eigenvalue weighted by atomic mass is 10.1. The highest BCUT2D eigenvalue weighted by Crippen LogP contribution is 2.19. The fourth-order valence-electron chi connectivity index (χ4n) is 3.22. The molecule has 1 aromatic heterocycles. The molecule has 3 aromatic rings. The van der Waals surface area contributed by atoms with Gasteiger partial charge in [-0.25, -0.2) is 4.98 Å². The Morgan fingerprint density at radius 1 is 1.00 bits per heavy atom. The molecule has 0 spiro atoms. The van der Waals surface area contributed by atoms with E-state index in [1.807, 2.05) is 53.4 Å². The topological polar surface area (TPSA) is 71.5 Å². The summed E-state index contributed by atoms with van der Waals surface area (Å²) in [5.41, 5.74) is 2.43. The average molecular weight is 375 g/mol. The van der Waals surface area contributed by atoms with Crippen molar-refractivity contribution < 1.29 is 9.53 Å². The van der Waals surface area contributed by atoms with Crippen molar-refractivity contribution in [2.75, 3.05) is 38.2 Å². The summed E-state index contributed by atoms with van der Waals surface area (Å²) in [5, 5.41) is 8.29. The van der Waals surface area contributed by atoms with E-state index in [9.17, 15) is 4.79 Å². The first kappa shape index (κ1) is 17.9. The Bertz CT molecular complexity index is 956. The van der Waals surface area contributed by atoms with E-state index in [1.54, 1.807) is 19.4 Å². The fraction of sp³-hybridized carbons (Fsp3) is 0.238. The van der Waals surface area contributed by atoms with Crippen LogP contribution in [0.25, 0.3) is 11.3 Å². The van der Waals surface area contributed by atoms with Gasteiger partial charge in [0.25, 0.3) is 5.91 Å². The molecule has 1 fully saturated rings. The lowest BCUT2D eigenvalue weighted by Crippen LogP contribution is -2.49. The molecule has 7 nitrogen and oxygen atoms in total. The maximum atomic E-state index is 12.8. The van der Waals surface area contributed by atoms with Crippen LogP contribution in [0.2, 0.25) is 0 Å². The molecular weight excluding hydrogens is 354 g/mol. The summed E-state index contributed by atoms with van der Waals surface area (Å²) in [6.45, 7) is 2.54. The maximum Gasteiger partial charge on any atom is 0.254 e. The van der Waals surface area contributed by atoms with Gasteiger partial charge in [0.05, 0.1) is 19.0 Å². The standard InChI is InChI=1S/C21H21N5O2/c1-28-18-9-5-8-17(14-18)20(27)25-10-12-26(13-11-25)21-23-19(15-22-24-21)16-6-3-2-4-7-16/h2-9,14-15H,10-13H2,1H3. The predicted octanol–water partition coefficient (Wildman–Crippen LogP) is 2.51. The Balaban J connectivity index is 1.43. The third-order valence-electron chi connectivity index (χ3n) is 4.78. The zero-order chi connectivity index (χ0) is 19.3. The molecule has 0 saturated carbocycles. The predicted molar refractivity (Wildman–Crippen MR) is 106 cm³/mol. The molecule has 4 rings (SSSR count). The second-order valence-electron chi connectivity index (χ2n) is 6.52. The van der Waals surface area contributed by atoms with Crippen molar-refractivity contribution >= 4 is 11.9 Å². The number of hydrogen-bond acceptors (Lipinski definition) is 6. The van der Waals surface area contributed by atoms with Crippen LogP contribution < -0.4 is 9.64 Å². The Morgan fingerprint density at radius 3 is 2.54 bits per heavy atom. The van der Waals surface area contributed by atoms with Crippen molar-refractivity contribution in [3.8, 4) is 17.0 Å². The largest absolute Gasteiger partial charge is 0.497 e. The first-order valence-electron chi connectivity index (χ1n) is 9.18. The molecule has 0 aliphatic carbocycles. The van der Waals surface area contributed by atoms with Crippen LogP contribution in [0.4, 0.5) is 5.95 Å². The van der Waals surface area contributed by atoms with Crippen molar-refractivity contribution in [3.63, 3.8) is 0 Å². The highest BCUT2D eigenvalue weighted by molar-refractivity contribution is 5.94. The molecule has 1 saturated heterocycles. The number of ether oxygens (including phenoxy) is 1. The smallest absolute Gasteiger partial charge is 0.254 e. The van der Waals surface area contributed by atoms with Crippen molar-refractivity contribution in [1.29, 1.82) is 0 Å². The molecule has 1 aliphatic heterocycles. The van der Waals surface area contributed by atoms with Crippen molar-refractivity contribution in [3.05, 3.63) is 66.4 Å². The van der Waals surface area contributed by atoms with E-state index in [0.29, 0.717) is 43.4 Å². The molecule has 7 heteroatoms. The number of carbonyl (C=O) groups excluding carboxylic acids is 1. The lowest BCUT2D eigenvalue weighted by Gasteiger charge is -2.34. The van der Waals surface area contributed by atoms with Crippen molar-refractivity contribution in [2.24, 2.45) is 0 Å². The van der Waals surface area contributed by atoms with E-state index in [-0.39, 0.29) is 5.91 Å². The van der Waals surface area contributed by atoms with Crippen LogP contribution in [0, 0.1) is 0 Å². The average Bonchev–Trinajstić information content (AvgIpc) is 2.79. The molecule has 142 valence electrons. The highest BCUT2D eigenvalue weighted by Gasteiger charge is 2.24. The van der Waals surface area contributed by atoms with Crippen LogP contribution in [0.15, 0.2) is 60.8 Å². The molecule has 0 bridgehead atoms. The molecular formula is C21H21N5O2. The number of anilines is 1. The van der Waals surface area contributed by atoms with E-state index in [2.05, 4.69) is 20.1 Å². The summed E-state index contributed by atoms with van der Waals surface area (Å²) in [4.78, 5) is 21.3. The number of aromatic nitrogens is 3. The maximum absolute atomic E-state index is 12.8. The van der Waals surface area contributed by atoms with E-state index in [0.717, 1.165) is 11.3 Å².